The standard InChI is InChI=1S/C19H20ClN3/c20-16-5-3-15(4-6-16)9-12-23-14-21-18-13-17(7-8-19(18)23)22-10-1-2-11-22/h3-8,13-14H,1-2,9-12H2. The second-order valence-electron chi connectivity index (χ2n) is 6.18. The molecule has 118 valence electrons. The summed E-state index contributed by atoms with van der Waals surface area (Å²) in [5.74, 6) is 0. The minimum atomic E-state index is 0.788. The third-order valence-electron chi connectivity index (χ3n) is 4.63. The van der Waals surface area contributed by atoms with E-state index < -0.39 is 0 Å². The van der Waals surface area contributed by atoms with Crippen LogP contribution in [-0.2, 0) is 13.0 Å². The van der Waals surface area contributed by atoms with Crippen molar-refractivity contribution in [3.63, 3.8) is 0 Å². The van der Waals surface area contributed by atoms with E-state index in [9.17, 15) is 0 Å². The number of fused-ring (bicyclic) bond motifs is 1. The Morgan fingerprint density at radius 1 is 1.00 bits per heavy atom. The molecule has 4 heteroatoms. The lowest BCUT2D eigenvalue weighted by atomic mass is 10.1. The Morgan fingerprint density at radius 2 is 1.78 bits per heavy atom. The van der Waals surface area contributed by atoms with E-state index in [-0.39, 0.29) is 0 Å². The molecule has 0 unspecified atom stereocenters. The number of benzene rings is 2. The maximum atomic E-state index is 5.94. The first-order chi connectivity index (χ1) is 11.3. The molecular weight excluding hydrogens is 306 g/mol. The SMILES string of the molecule is Clc1ccc(CCn2cnc3cc(N4CCCC4)ccc32)cc1. The van der Waals surface area contributed by atoms with Crippen LogP contribution in [0.25, 0.3) is 11.0 Å². The normalized spacial score (nSPS) is 14.7. The van der Waals surface area contributed by atoms with Crippen molar-refractivity contribution >= 4 is 28.3 Å². The number of rotatable bonds is 4. The molecule has 1 aliphatic heterocycles. The van der Waals surface area contributed by atoms with Crippen LogP contribution in [0.5, 0.6) is 0 Å². The van der Waals surface area contributed by atoms with Gasteiger partial charge in [0.15, 0.2) is 0 Å². The van der Waals surface area contributed by atoms with Crippen molar-refractivity contribution in [3.8, 4) is 0 Å². The number of halogens is 1. The molecule has 0 atom stereocenters. The smallest absolute Gasteiger partial charge is 0.0958 e. The van der Waals surface area contributed by atoms with E-state index in [1.165, 1.54) is 42.7 Å². The number of nitrogens with zero attached hydrogens (tertiary/aromatic N) is 3. The molecular formula is C19H20ClN3. The van der Waals surface area contributed by atoms with Gasteiger partial charge in [0.05, 0.1) is 17.4 Å². The van der Waals surface area contributed by atoms with Crippen molar-refractivity contribution in [2.45, 2.75) is 25.8 Å². The molecule has 0 N–H and O–H groups in total. The van der Waals surface area contributed by atoms with Gasteiger partial charge in [-0.15, -0.1) is 0 Å². The molecule has 1 aromatic heterocycles. The monoisotopic (exact) mass is 325 g/mol. The van der Waals surface area contributed by atoms with E-state index in [2.05, 4.69) is 44.8 Å². The Balaban J connectivity index is 1.52. The summed E-state index contributed by atoms with van der Waals surface area (Å²) < 4.78 is 2.23. The minimum Gasteiger partial charge on any atom is -0.371 e. The second kappa shape index (κ2) is 6.25. The summed E-state index contributed by atoms with van der Waals surface area (Å²) in [7, 11) is 0. The quantitative estimate of drug-likeness (QED) is 0.702. The maximum Gasteiger partial charge on any atom is 0.0958 e. The topological polar surface area (TPSA) is 21.1 Å². The van der Waals surface area contributed by atoms with E-state index in [4.69, 9.17) is 11.6 Å². The predicted molar refractivity (Wildman–Crippen MR) is 96.3 cm³/mol. The van der Waals surface area contributed by atoms with Crippen LogP contribution in [0.2, 0.25) is 5.02 Å². The van der Waals surface area contributed by atoms with Crippen LogP contribution in [0.4, 0.5) is 5.69 Å². The van der Waals surface area contributed by atoms with Crippen LogP contribution in [0, 0.1) is 0 Å². The van der Waals surface area contributed by atoms with Crippen molar-refractivity contribution in [1.82, 2.24) is 9.55 Å². The average Bonchev–Trinajstić information content (AvgIpc) is 3.24. The highest BCUT2D eigenvalue weighted by Crippen LogP contribution is 2.24. The van der Waals surface area contributed by atoms with Crippen LogP contribution < -0.4 is 4.90 Å². The van der Waals surface area contributed by atoms with Gasteiger partial charge in [0.25, 0.3) is 0 Å². The maximum absolute atomic E-state index is 5.94. The molecule has 0 spiro atoms. The Morgan fingerprint density at radius 3 is 2.57 bits per heavy atom. The number of hydrogen-bond acceptors (Lipinski definition) is 2. The van der Waals surface area contributed by atoms with Crippen molar-refractivity contribution in [2.75, 3.05) is 18.0 Å². The molecule has 0 radical (unpaired) electrons. The predicted octanol–water partition coefficient (Wildman–Crippen LogP) is 4.53. The molecule has 0 bridgehead atoms. The van der Waals surface area contributed by atoms with Gasteiger partial charge in [-0.1, -0.05) is 23.7 Å². The van der Waals surface area contributed by atoms with Gasteiger partial charge in [0.1, 0.15) is 0 Å². The van der Waals surface area contributed by atoms with E-state index in [1.807, 2.05) is 18.5 Å². The van der Waals surface area contributed by atoms with E-state index in [1.54, 1.807) is 0 Å². The van der Waals surface area contributed by atoms with Gasteiger partial charge in [-0.3, -0.25) is 0 Å². The summed E-state index contributed by atoms with van der Waals surface area (Å²) in [6.07, 6.45) is 5.53. The zero-order valence-electron chi connectivity index (χ0n) is 13.1. The van der Waals surface area contributed by atoms with Crippen LogP contribution in [0.1, 0.15) is 18.4 Å². The lowest BCUT2D eigenvalue weighted by Gasteiger charge is -2.17. The fourth-order valence-corrected chi connectivity index (χ4v) is 3.43. The Kier molecular flexibility index (Phi) is 3.96. The van der Waals surface area contributed by atoms with E-state index in [0.29, 0.717) is 0 Å². The summed E-state index contributed by atoms with van der Waals surface area (Å²) in [4.78, 5) is 7.04. The van der Waals surface area contributed by atoms with Crippen LogP contribution in [0.15, 0.2) is 48.8 Å². The first-order valence-electron chi connectivity index (χ1n) is 8.24. The zero-order chi connectivity index (χ0) is 15.6. The van der Waals surface area contributed by atoms with Gasteiger partial charge >= 0.3 is 0 Å². The molecule has 0 amide bonds. The van der Waals surface area contributed by atoms with Crippen molar-refractivity contribution in [1.29, 1.82) is 0 Å². The van der Waals surface area contributed by atoms with Crippen LogP contribution >= 0.6 is 11.6 Å². The molecule has 1 saturated heterocycles. The van der Waals surface area contributed by atoms with Gasteiger partial charge in [0, 0.05) is 30.3 Å². The fourth-order valence-electron chi connectivity index (χ4n) is 3.30. The number of hydrogen-bond donors (Lipinski definition) is 0. The summed E-state index contributed by atoms with van der Waals surface area (Å²) >= 11 is 5.94. The lowest BCUT2D eigenvalue weighted by molar-refractivity contribution is 0.716. The largest absolute Gasteiger partial charge is 0.371 e. The molecule has 1 aliphatic rings. The first-order valence-corrected chi connectivity index (χ1v) is 8.62. The molecule has 0 aliphatic carbocycles. The lowest BCUT2D eigenvalue weighted by Crippen LogP contribution is -2.17. The molecule has 0 saturated carbocycles. The molecule has 23 heavy (non-hydrogen) atoms. The van der Waals surface area contributed by atoms with Gasteiger partial charge in [-0.05, 0) is 55.2 Å². The van der Waals surface area contributed by atoms with Gasteiger partial charge in [-0.25, -0.2) is 4.98 Å². The third-order valence-corrected chi connectivity index (χ3v) is 4.88. The molecule has 2 aromatic carbocycles. The highest BCUT2D eigenvalue weighted by molar-refractivity contribution is 6.30. The summed E-state index contributed by atoms with van der Waals surface area (Å²) in [5.41, 5.74) is 4.90. The van der Waals surface area contributed by atoms with Crippen LogP contribution in [0.3, 0.4) is 0 Å². The molecule has 3 aromatic rings. The van der Waals surface area contributed by atoms with E-state index in [0.717, 1.165) is 23.5 Å². The number of imidazole rings is 1. The first kappa shape index (κ1) is 14.6. The minimum absolute atomic E-state index is 0.788. The summed E-state index contributed by atoms with van der Waals surface area (Å²) in [6.45, 7) is 3.27. The molecule has 2 heterocycles. The number of anilines is 1. The number of aromatic nitrogens is 2. The summed E-state index contributed by atoms with van der Waals surface area (Å²) in [6, 6.07) is 14.7. The van der Waals surface area contributed by atoms with Crippen molar-refractivity contribution < 1.29 is 0 Å². The highest BCUT2D eigenvalue weighted by Gasteiger charge is 2.13. The Hall–Kier alpha value is -2.00. The van der Waals surface area contributed by atoms with Gasteiger partial charge in [-0.2, -0.15) is 0 Å². The average molecular weight is 326 g/mol. The number of aryl methyl sites for hydroxylation is 2. The third kappa shape index (κ3) is 3.06. The van der Waals surface area contributed by atoms with E-state index >= 15 is 0 Å². The zero-order valence-corrected chi connectivity index (χ0v) is 13.8. The van der Waals surface area contributed by atoms with Gasteiger partial charge < -0.3 is 9.47 Å². The fraction of sp³-hybridized carbons (Fsp3) is 0.316. The summed E-state index contributed by atoms with van der Waals surface area (Å²) in [5, 5.41) is 0.788. The molecule has 1 fully saturated rings. The Bertz CT molecular complexity index is 801. The highest BCUT2D eigenvalue weighted by atomic mass is 35.5. The van der Waals surface area contributed by atoms with Crippen molar-refractivity contribution in [2.24, 2.45) is 0 Å². The Labute approximate surface area is 141 Å². The molecule has 4 rings (SSSR count). The van der Waals surface area contributed by atoms with Gasteiger partial charge in [0.2, 0.25) is 0 Å². The second-order valence-corrected chi connectivity index (χ2v) is 6.62. The molecule has 3 nitrogen and oxygen atoms in total. The van der Waals surface area contributed by atoms with Crippen molar-refractivity contribution in [3.05, 3.63) is 59.4 Å². The van der Waals surface area contributed by atoms with Crippen LogP contribution in [-0.4, -0.2) is 22.6 Å².